The van der Waals surface area contributed by atoms with E-state index in [2.05, 4.69) is 10.2 Å². The van der Waals surface area contributed by atoms with Crippen LogP contribution in [0.5, 0.6) is 0 Å². The average Bonchev–Trinajstić information content (AvgIpc) is 2.75. The Hall–Kier alpha value is -1.04. The highest BCUT2D eigenvalue weighted by molar-refractivity contribution is 6.68. The van der Waals surface area contributed by atoms with Crippen LogP contribution in [0.25, 0.3) is 10.8 Å². The minimum Gasteiger partial charge on any atom is -0.354 e. The van der Waals surface area contributed by atoms with Crippen molar-refractivity contribution in [2.24, 2.45) is 5.92 Å². The second-order valence-electron chi connectivity index (χ2n) is 8.26. The van der Waals surface area contributed by atoms with Crippen LogP contribution in [-0.4, -0.2) is 46.6 Å². The molecule has 0 aliphatic carbocycles. The minimum atomic E-state index is -1.76. The summed E-state index contributed by atoms with van der Waals surface area (Å²) in [4.78, 5) is 15.6. The van der Waals surface area contributed by atoms with E-state index < -0.39 is 10.0 Å². The highest BCUT2D eigenvalue weighted by atomic mass is 35.6. The van der Waals surface area contributed by atoms with E-state index in [-0.39, 0.29) is 5.91 Å². The third-order valence-electron chi connectivity index (χ3n) is 6.30. The predicted octanol–water partition coefficient (Wildman–Crippen LogP) is 5.55. The Balaban J connectivity index is 1.46. The molecule has 3 unspecified atom stereocenters. The van der Waals surface area contributed by atoms with E-state index in [1.54, 1.807) is 6.07 Å². The van der Waals surface area contributed by atoms with Crippen molar-refractivity contribution in [1.29, 1.82) is 0 Å². The van der Waals surface area contributed by atoms with Gasteiger partial charge in [-0.25, -0.2) is 0 Å². The fourth-order valence-corrected chi connectivity index (χ4v) is 5.18. The highest BCUT2D eigenvalue weighted by Crippen LogP contribution is 2.35. The van der Waals surface area contributed by atoms with Crippen molar-refractivity contribution in [3.05, 3.63) is 48.0 Å². The zero-order valence-electron chi connectivity index (χ0n) is 16.8. The van der Waals surface area contributed by atoms with Gasteiger partial charge in [0.1, 0.15) is 0 Å². The normalized spacial score (nSPS) is 23.7. The molecule has 1 N–H and O–H groups in total. The molecule has 0 spiro atoms. The van der Waals surface area contributed by atoms with E-state index in [4.69, 9.17) is 39.5 Å². The number of nitrogens with one attached hydrogen (secondary N) is 1. The van der Waals surface area contributed by atoms with Gasteiger partial charge in [0.25, 0.3) is 5.91 Å². The van der Waals surface area contributed by atoms with Crippen molar-refractivity contribution in [2.45, 2.75) is 48.2 Å². The second kappa shape index (κ2) is 9.62. The number of rotatable bonds is 5. The van der Waals surface area contributed by atoms with Crippen molar-refractivity contribution in [1.82, 2.24) is 10.2 Å². The molecule has 2 aromatic carbocycles. The molecule has 2 fully saturated rings. The number of carbonyl (C=O) groups is 1. The topological polar surface area (TPSA) is 41.6 Å². The summed E-state index contributed by atoms with van der Waals surface area (Å²) in [7, 11) is 0. The molecule has 0 saturated carbocycles. The van der Waals surface area contributed by atoms with Crippen LogP contribution in [0.4, 0.5) is 0 Å². The first-order valence-electron chi connectivity index (χ1n) is 10.6. The van der Waals surface area contributed by atoms with E-state index in [1.807, 2.05) is 36.4 Å². The Bertz CT molecular complexity index is 879. The fraction of sp³-hybridized carbons (Fsp3) is 0.522. The van der Waals surface area contributed by atoms with E-state index in [0.717, 1.165) is 36.7 Å². The number of nitrogens with zero attached hydrogens (tertiary/aromatic N) is 1. The summed E-state index contributed by atoms with van der Waals surface area (Å²) in [5, 5.41) is 4.64. The first-order chi connectivity index (χ1) is 14.4. The second-order valence-corrected chi connectivity index (χ2v) is 10.6. The zero-order valence-corrected chi connectivity index (χ0v) is 19.1. The van der Waals surface area contributed by atoms with Crippen LogP contribution in [0.2, 0.25) is 0 Å². The van der Waals surface area contributed by atoms with Gasteiger partial charge in [0.05, 0.1) is 6.61 Å². The molecule has 3 atom stereocenters. The smallest absolute Gasteiger partial charge is 0.254 e. The van der Waals surface area contributed by atoms with Crippen LogP contribution in [0, 0.1) is 5.92 Å². The summed E-state index contributed by atoms with van der Waals surface area (Å²) < 4.78 is 4.28. The summed E-state index contributed by atoms with van der Waals surface area (Å²) >= 11 is 18.6. The van der Waals surface area contributed by atoms with Gasteiger partial charge in [-0.2, -0.15) is 0 Å². The Kier molecular flexibility index (Phi) is 7.11. The quantitative estimate of drug-likeness (QED) is 0.461. The summed E-state index contributed by atoms with van der Waals surface area (Å²) in [5.41, 5.74) is 0.534. The van der Waals surface area contributed by atoms with Crippen LogP contribution in [0.3, 0.4) is 0 Å². The van der Waals surface area contributed by atoms with E-state index in [0.29, 0.717) is 24.1 Å². The van der Waals surface area contributed by atoms with Crippen LogP contribution < -0.4 is 5.32 Å². The van der Waals surface area contributed by atoms with Gasteiger partial charge in [0, 0.05) is 11.6 Å². The molecule has 1 amide bonds. The Morgan fingerprint density at radius 3 is 2.67 bits per heavy atom. The Morgan fingerprint density at radius 2 is 1.83 bits per heavy atom. The molecule has 0 aromatic heterocycles. The van der Waals surface area contributed by atoms with E-state index in [9.17, 15) is 4.79 Å². The van der Waals surface area contributed by atoms with Gasteiger partial charge in [-0.1, -0.05) is 77.6 Å². The monoisotopic (exact) mass is 468 g/mol. The SMILES string of the molecule is O=C(NC(OCC1CCCN2CCCCC12)C(Cl)(Cl)Cl)c1cccc2ccccc12. The molecular weight excluding hydrogens is 443 g/mol. The van der Waals surface area contributed by atoms with Crippen molar-refractivity contribution >= 4 is 51.5 Å². The number of hydrogen-bond donors (Lipinski definition) is 1. The molecule has 2 aliphatic heterocycles. The lowest BCUT2D eigenvalue weighted by molar-refractivity contribution is -0.0324. The standard InChI is InChI=1S/C23H27Cl3N2O2/c24-23(25,26)22(30-15-17-9-6-14-28-13-4-3-12-20(17)28)27-21(29)19-11-5-8-16-7-1-2-10-18(16)19/h1-2,5,7-8,10-11,17,20,22H,3-4,6,9,12-15H2,(H,27,29). The largest absolute Gasteiger partial charge is 0.354 e. The number of alkyl halides is 3. The zero-order chi connectivity index (χ0) is 21.1. The number of hydrogen-bond acceptors (Lipinski definition) is 3. The summed E-state index contributed by atoms with van der Waals surface area (Å²) in [6.07, 6.45) is 4.95. The lowest BCUT2D eigenvalue weighted by Gasteiger charge is -2.44. The maximum absolute atomic E-state index is 13.0. The molecule has 2 aromatic rings. The molecule has 7 heteroatoms. The van der Waals surface area contributed by atoms with Crippen molar-refractivity contribution < 1.29 is 9.53 Å². The maximum Gasteiger partial charge on any atom is 0.254 e. The number of amides is 1. The van der Waals surface area contributed by atoms with Gasteiger partial charge in [0.15, 0.2) is 6.23 Å². The molecule has 162 valence electrons. The Morgan fingerprint density at radius 1 is 1.07 bits per heavy atom. The van der Waals surface area contributed by atoms with Crippen LogP contribution in [0.15, 0.2) is 42.5 Å². The van der Waals surface area contributed by atoms with Gasteiger partial charge in [0.2, 0.25) is 3.79 Å². The molecule has 30 heavy (non-hydrogen) atoms. The van der Waals surface area contributed by atoms with Crippen molar-refractivity contribution in [2.75, 3.05) is 19.7 Å². The summed E-state index contributed by atoms with van der Waals surface area (Å²) in [6, 6.07) is 13.8. The van der Waals surface area contributed by atoms with Gasteiger partial charge < -0.3 is 15.0 Å². The lowest BCUT2D eigenvalue weighted by atomic mass is 9.84. The van der Waals surface area contributed by atoms with E-state index >= 15 is 0 Å². The molecule has 2 aliphatic rings. The van der Waals surface area contributed by atoms with Crippen LogP contribution >= 0.6 is 34.8 Å². The molecule has 2 saturated heterocycles. The Labute approximate surface area is 192 Å². The molecule has 4 rings (SSSR count). The first kappa shape index (κ1) is 22.2. The molecule has 2 heterocycles. The molecule has 4 nitrogen and oxygen atoms in total. The number of benzene rings is 2. The van der Waals surface area contributed by atoms with Crippen molar-refractivity contribution in [3.8, 4) is 0 Å². The molecule has 0 bridgehead atoms. The maximum atomic E-state index is 13.0. The lowest BCUT2D eigenvalue weighted by Crippen LogP contribution is -2.51. The van der Waals surface area contributed by atoms with Gasteiger partial charge in [-0.3, -0.25) is 4.79 Å². The van der Waals surface area contributed by atoms with Crippen LogP contribution in [-0.2, 0) is 4.74 Å². The summed E-state index contributed by atoms with van der Waals surface area (Å²) in [6.45, 7) is 2.79. The number of halogens is 3. The average molecular weight is 470 g/mol. The van der Waals surface area contributed by atoms with Crippen LogP contribution in [0.1, 0.15) is 42.5 Å². The fourth-order valence-electron chi connectivity index (χ4n) is 4.83. The molecule has 0 radical (unpaired) electrons. The molecular formula is C23H27Cl3N2O2. The third kappa shape index (κ3) is 5.05. The third-order valence-corrected chi connectivity index (χ3v) is 6.89. The number of fused-ring (bicyclic) bond motifs is 2. The van der Waals surface area contributed by atoms with Crippen molar-refractivity contribution in [3.63, 3.8) is 0 Å². The van der Waals surface area contributed by atoms with Gasteiger partial charge >= 0.3 is 0 Å². The first-order valence-corrected chi connectivity index (χ1v) is 11.8. The summed E-state index contributed by atoms with van der Waals surface area (Å²) in [5.74, 6) is 0.0782. The van der Waals surface area contributed by atoms with E-state index in [1.165, 1.54) is 19.3 Å². The highest BCUT2D eigenvalue weighted by Gasteiger charge is 2.38. The number of piperidine rings is 2. The number of ether oxygens (including phenoxy) is 1. The predicted molar refractivity (Wildman–Crippen MR) is 123 cm³/mol. The number of carbonyl (C=O) groups excluding carboxylic acids is 1. The minimum absolute atomic E-state index is 0.314. The van der Waals surface area contributed by atoms with Gasteiger partial charge in [-0.05, 0) is 61.5 Å². The van der Waals surface area contributed by atoms with Gasteiger partial charge in [-0.15, -0.1) is 0 Å².